The van der Waals surface area contributed by atoms with Crippen molar-refractivity contribution in [2.45, 2.75) is 6.61 Å². The standard InChI is InChI=1S/C25H18Cl3NO4S/c26-19-8-6-17(13-20(19)27)15-33-22-9-7-16(12-21(22)28)14-23-24(30)29(25(31)34-23)10-11-32-18-4-2-1-3-5-18/h1-9,12-14H,10-11,15H2/b23-14-. The number of nitrogens with zero attached hydrogens (tertiary/aromatic N) is 1. The Morgan fingerprint density at radius 2 is 1.65 bits per heavy atom. The first-order valence-electron chi connectivity index (χ1n) is 10.2. The van der Waals surface area contributed by atoms with Gasteiger partial charge in [0.2, 0.25) is 0 Å². The quantitative estimate of drug-likeness (QED) is 0.283. The molecule has 0 aromatic heterocycles. The van der Waals surface area contributed by atoms with Crippen molar-refractivity contribution in [3.63, 3.8) is 0 Å². The summed E-state index contributed by atoms with van der Waals surface area (Å²) in [7, 11) is 0. The molecule has 4 rings (SSSR count). The van der Waals surface area contributed by atoms with Gasteiger partial charge < -0.3 is 9.47 Å². The second kappa shape index (κ2) is 11.2. The number of hydrogen-bond donors (Lipinski definition) is 0. The highest BCUT2D eigenvalue weighted by Gasteiger charge is 2.34. The van der Waals surface area contributed by atoms with Crippen molar-refractivity contribution in [3.05, 3.63) is 97.8 Å². The Morgan fingerprint density at radius 1 is 0.853 bits per heavy atom. The summed E-state index contributed by atoms with van der Waals surface area (Å²) in [4.78, 5) is 26.5. The molecule has 1 aliphatic heterocycles. The highest BCUT2D eigenvalue weighted by Crippen LogP contribution is 2.34. The summed E-state index contributed by atoms with van der Waals surface area (Å²) >= 11 is 19.2. The van der Waals surface area contributed by atoms with Crippen LogP contribution in [0.3, 0.4) is 0 Å². The van der Waals surface area contributed by atoms with Crippen LogP contribution in [0.1, 0.15) is 11.1 Å². The number of thioether (sulfide) groups is 1. The zero-order valence-electron chi connectivity index (χ0n) is 17.7. The van der Waals surface area contributed by atoms with Crippen LogP contribution in [0, 0.1) is 0 Å². The molecule has 34 heavy (non-hydrogen) atoms. The lowest BCUT2D eigenvalue weighted by Crippen LogP contribution is -2.32. The summed E-state index contributed by atoms with van der Waals surface area (Å²) in [6.07, 6.45) is 1.64. The van der Waals surface area contributed by atoms with Gasteiger partial charge in [0.15, 0.2) is 0 Å². The Morgan fingerprint density at radius 3 is 2.38 bits per heavy atom. The molecule has 3 aromatic rings. The molecule has 1 heterocycles. The molecule has 1 fully saturated rings. The maximum atomic E-state index is 12.7. The third kappa shape index (κ3) is 6.07. The van der Waals surface area contributed by atoms with E-state index in [1.165, 1.54) is 4.90 Å². The summed E-state index contributed by atoms with van der Waals surface area (Å²) in [5.74, 6) is 0.805. The third-order valence-electron chi connectivity index (χ3n) is 4.83. The number of ether oxygens (including phenoxy) is 2. The zero-order valence-corrected chi connectivity index (χ0v) is 20.8. The smallest absolute Gasteiger partial charge is 0.293 e. The number of imide groups is 1. The normalized spacial score (nSPS) is 14.7. The Balaban J connectivity index is 1.37. The summed E-state index contributed by atoms with van der Waals surface area (Å²) in [6.45, 7) is 0.644. The first-order chi connectivity index (χ1) is 16.4. The number of benzene rings is 3. The van der Waals surface area contributed by atoms with Crippen LogP contribution in [0.15, 0.2) is 71.6 Å². The molecule has 0 aliphatic carbocycles. The molecule has 0 N–H and O–H groups in total. The number of halogens is 3. The van der Waals surface area contributed by atoms with Gasteiger partial charge in [0.1, 0.15) is 24.7 Å². The van der Waals surface area contributed by atoms with Crippen molar-refractivity contribution in [3.8, 4) is 11.5 Å². The van der Waals surface area contributed by atoms with Crippen LogP contribution >= 0.6 is 46.6 Å². The molecule has 174 valence electrons. The van der Waals surface area contributed by atoms with Crippen molar-refractivity contribution in [2.75, 3.05) is 13.2 Å². The number of carbonyl (C=O) groups is 2. The average molecular weight is 535 g/mol. The largest absolute Gasteiger partial charge is 0.492 e. The van der Waals surface area contributed by atoms with Gasteiger partial charge in [-0.15, -0.1) is 0 Å². The van der Waals surface area contributed by atoms with E-state index in [0.717, 1.165) is 17.3 Å². The first kappa shape index (κ1) is 24.5. The minimum absolute atomic E-state index is 0.166. The molecule has 1 aliphatic rings. The number of amides is 2. The van der Waals surface area contributed by atoms with Crippen LogP contribution in [0.25, 0.3) is 6.08 Å². The molecule has 9 heteroatoms. The van der Waals surface area contributed by atoms with E-state index >= 15 is 0 Å². The van der Waals surface area contributed by atoms with Crippen LogP contribution in [0.5, 0.6) is 11.5 Å². The first-order valence-corrected chi connectivity index (χ1v) is 12.2. The molecular formula is C25H18Cl3NO4S. The summed E-state index contributed by atoms with van der Waals surface area (Å²) < 4.78 is 11.4. The Hall–Kier alpha value is -2.64. The van der Waals surface area contributed by atoms with Gasteiger partial charge in [0, 0.05) is 0 Å². The molecule has 2 amide bonds. The van der Waals surface area contributed by atoms with E-state index in [4.69, 9.17) is 44.3 Å². The second-order valence-electron chi connectivity index (χ2n) is 7.22. The molecule has 3 aromatic carbocycles. The van der Waals surface area contributed by atoms with Crippen LogP contribution in [0.4, 0.5) is 4.79 Å². The topological polar surface area (TPSA) is 55.8 Å². The van der Waals surface area contributed by atoms with Crippen molar-refractivity contribution < 1.29 is 19.1 Å². The third-order valence-corrected chi connectivity index (χ3v) is 6.77. The monoisotopic (exact) mass is 533 g/mol. The van der Waals surface area contributed by atoms with Gasteiger partial charge in [0.05, 0.1) is 26.5 Å². The molecule has 1 saturated heterocycles. The number of hydrogen-bond acceptors (Lipinski definition) is 5. The molecule has 5 nitrogen and oxygen atoms in total. The van der Waals surface area contributed by atoms with Gasteiger partial charge in [-0.25, -0.2) is 0 Å². The van der Waals surface area contributed by atoms with E-state index in [0.29, 0.717) is 37.0 Å². The van der Waals surface area contributed by atoms with Crippen LogP contribution in [-0.2, 0) is 11.4 Å². The van der Waals surface area contributed by atoms with Crippen molar-refractivity contribution in [1.82, 2.24) is 4.90 Å². The molecule has 0 atom stereocenters. The number of rotatable bonds is 8. The van der Waals surface area contributed by atoms with E-state index in [2.05, 4.69) is 0 Å². The predicted molar refractivity (Wildman–Crippen MR) is 137 cm³/mol. The maximum Gasteiger partial charge on any atom is 0.293 e. The molecular weight excluding hydrogens is 517 g/mol. The highest BCUT2D eigenvalue weighted by molar-refractivity contribution is 8.18. The Bertz CT molecular complexity index is 1250. The average Bonchev–Trinajstić information content (AvgIpc) is 3.08. The van der Waals surface area contributed by atoms with E-state index in [1.54, 1.807) is 36.4 Å². The van der Waals surface area contributed by atoms with Crippen LogP contribution < -0.4 is 9.47 Å². The predicted octanol–water partition coefficient (Wildman–Crippen LogP) is 7.34. The number of carbonyl (C=O) groups excluding carboxylic acids is 2. The van der Waals surface area contributed by atoms with Crippen molar-refractivity contribution in [2.24, 2.45) is 0 Å². The van der Waals surface area contributed by atoms with Crippen LogP contribution in [0.2, 0.25) is 15.1 Å². The fourth-order valence-electron chi connectivity index (χ4n) is 3.13. The van der Waals surface area contributed by atoms with E-state index in [-0.39, 0.29) is 30.9 Å². The fourth-order valence-corrected chi connectivity index (χ4v) is 4.56. The SMILES string of the molecule is O=C1S/C(=C\c2ccc(OCc3ccc(Cl)c(Cl)c3)c(Cl)c2)C(=O)N1CCOc1ccccc1. The summed E-state index contributed by atoms with van der Waals surface area (Å²) in [6, 6.07) is 19.6. The van der Waals surface area contributed by atoms with Gasteiger partial charge in [-0.3, -0.25) is 14.5 Å². The van der Waals surface area contributed by atoms with Gasteiger partial charge in [0.25, 0.3) is 11.1 Å². The Kier molecular flexibility index (Phi) is 8.06. The number of para-hydroxylation sites is 1. The lowest BCUT2D eigenvalue weighted by molar-refractivity contribution is -0.123. The Labute approximate surface area is 216 Å². The van der Waals surface area contributed by atoms with E-state index in [9.17, 15) is 9.59 Å². The van der Waals surface area contributed by atoms with Gasteiger partial charge in [-0.05, 0) is 65.4 Å². The molecule has 0 saturated carbocycles. The lowest BCUT2D eigenvalue weighted by atomic mass is 10.2. The van der Waals surface area contributed by atoms with Gasteiger partial charge >= 0.3 is 0 Å². The van der Waals surface area contributed by atoms with E-state index < -0.39 is 0 Å². The highest BCUT2D eigenvalue weighted by atomic mass is 35.5. The maximum absolute atomic E-state index is 12.7. The molecule has 0 bridgehead atoms. The lowest BCUT2D eigenvalue weighted by Gasteiger charge is -2.13. The molecule has 0 radical (unpaired) electrons. The fraction of sp³-hybridized carbons (Fsp3) is 0.120. The zero-order chi connectivity index (χ0) is 24.1. The van der Waals surface area contributed by atoms with Crippen molar-refractivity contribution in [1.29, 1.82) is 0 Å². The van der Waals surface area contributed by atoms with Gasteiger partial charge in [-0.1, -0.05) is 65.1 Å². The minimum Gasteiger partial charge on any atom is -0.492 e. The van der Waals surface area contributed by atoms with Crippen LogP contribution in [-0.4, -0.2) is 29.2 Å². The summed E-state index contributed by atoms with van der Waals surface area (Å²) in [5, 5.41) is 0.968. The summed E-state index contributed by atoms with van der Waals surface area (Å²) in [5.41, 5.74) is 1.53. The van der Waals surface area contributed by atoms with E-state index in [1.807, 2.05) is 36.4 Å². The molecule has 0 unspecified atom stereocenters. The molecule has 0 spiro atoms. The minimum atomic E-state index is -0.359. The van der Waals surface area contributed by atoms with Gasteiger partial charge in [-0.2, -0.15) is 0 Å². The van der Waals surface area contributed by atoms with Crippen molar-refractivity contribution >= 4 is 63.8 Å². The second-order valence-corrected chi connectivity index (χ2v) is 9.44.